The van der Waals surface area contributed by atoms with E-state index < -0.39 is 17.6 Å². The molecule has 0 saturated carbocycles. The lowest BCUT2D eigenvalue weighted by molar-refractivity contribution is -0.137. The van der Waals surface area contributed by atoms with E-state index in [1.165, 1.54) is 0 Å². The van der Waals surface area contributed by atoms with Gasteiger partial charge in [-0.3, -0.25) is 0 Å². The number of hydrogen-bond donors (Lipinski definition) is 1. The van der Waals surface area contributed by atoms with Gasteiger partial charge in [0.25, 0.3) is 0 Å². The Bertz CT molecular complexity index is 400. The van der Waals surface area contributed by atoms with Gasteiger partial charge in [-0.15, -0.1) is 0 Å². The van der Waals surface area contributed by atoms with Crippen LogP contribution in [0.1, 0.15) is 32.8 Å². The molecule has 0 saturated heterocycles. The second-order valence-corrected chi connectivity index (χ2v) is 4.51. The van der Waals surface area contributed by atoms with Crippen molar-refractivity contribution in [2.45, 2.75) is 39.4 Å². The number of anilines is 1. The SMILES string of the molecule is CCC(C)C(C)Nc1ccc(C(F)(F)F)cc1F. The highest BCUT2D eigenvalue weighted by Gasteiger charge is 2.31. The summed E-state index contributed by atoms with van der Waals surface area (Å²) in [7, 11) is 0. The molecule has 0 radical (unpaired) electrons. The maximum Gasteiger partial charge on any atom is 0.416 e. The number of nitrogens with one attached hydrogen (secondary N) is 1. The molecule has 2 unspecified atom stereocenters. The van der Waals surface area contributed by atoms with Crippen LogP contribution in [-0.2, 0) is 6.18 Å². The van der Waals surface area contributed by atoms with Gasteiger partial charge in [0.05, 0.1) is 11.3 Å². The third-order valence-electron chi connectivity index (χ3n) is 3.18. The molecule has 0 fully saturated rings. The Kier molecular flexibility index (Phi) is 4.59. The van der Waals surface area contributed by atoms with Gasteiger partial charge in [-0.1, -0.05) is 20.3 Å². The van der Waals surface area contributed by atoms with Gasteiger partial charge in [0, 0.05) is 6.04 Å². The Labute approximate surface area is 104 Å². The first-order valence-corrected chi connectivity index (χ1v) is 5.89. The maximum atomic E-state index is 13.5. The maximum absolute atomic E-state index is 13.5. The van der Waals surface area contributed by atoms with Gasteiger partial charge in [-0.2, -0.15) is 13.2 Å². The quantitative estimate of drug-likeness (QED) is 0.777. The van der Waals surface area contributed by atoms with E-state index in [9.17, 15) is 17.6 Å². The van der Waals surface area contributed by atoms with Gasteiger partial charge in [-0.05, 0) is 31.0 Å². The molecule has 0 amide bonds. The predicted octanol–water partition coefficient (Wildman–Crippen LogP) is 4.69. The summed E-state index contributed by atoms with van der Waals surface area (Å²) in [6.45, 7) is 5.89. The molecule has 1 N–H and O–H groups in total. The van der Waals surface area contributed by atoms with Crippen molar-refractivity contribution in [1.82, 2.24) is 0 Å². The molecule has 0 bridgehead atoms. The molecule has 1 aromatic rings. The molecule has 102 valence electrons. The van der Waals surface area contributed by atoms with Crippen LogP contribution in [0.5, 0.6) is 0 Å². The molecule has 0 aliphatic carbocycles. The van der Waals surface area contributed by atoms with E-state index in [2.05, 4.69) is 5.32 Å². The molecule has 2 atom stereocenters. The fraction of sp³-hybridized carbons (Fsp3) is 0.538. The summed E-state index contributed by atoms with van der Waals surface area (Å²) in [6.07, 6.45) is -3.60. The monoisotopic (exact) mass is 263 g/mol. The van der Waals surface area contributed by atoms with Gasteiger partial charge in [-0.25, -0.2) is 4.39 Å². The average molecular weight is 263 g/mol. The van der Waals surface area contributed by atoms with Crippen molar-refractivity contribution in [3.8, 4) is 0 Å². The fourth-order valence-corrected chi connectivity index (χ4v) is 1.55. The Balaban J connectivity index is 2.87. The van der Waals surface area contributed by atoms with Crippen LogP contribution < -0.4 is 5.32 Å². The molecule has 1 rings (SSSR count). The summed E-state index contributed by atoms with van der Waals surface area (Å²) in [5.74, 6) is -0.563. The summed E-state index contributed by atoms with van der Waals surface area (Å²) in [4.78, 5) is 0. The second-order valence-electron chi connectivity index (χ2n) is 4.51. The Morgan fingerprint density at radius 1 is 1.22 bits per heavy atom. The summed E-state index contributed by atoms with van der Waals surface area (Å²) >= 11 is 0. The number of benzene rings is 1. The first kappa shape index (κ1) is 14.8. The molecule has 0 spiro atoms. The van der Waals surface area contributed by atoms with E-state index in [1.54, 1.807) is 0 Å². The summed E-state index contributed by atoms with van der Waals surface area (Å²) in [5, 5.41) is 2.90. The van der Waals surface area contributed by atoms with E-state index in [0.29, 0.717) is 12.0 Å². The smallest absolute Gasteiger partial charge is 0.380 e. The van der Waals surface area contributed by atoms with Gasteiger partial charge in [0.1, 0.15) is 5.82 Å². The molecule has 0 aliphatic heterocycles. The summed E-state index contributed by atoms with van der Waals surface area (Å²) in [5.41, 5.74) is -0.863. The number of hydrogen-bond acceptors (Lipinski definition) is 1. The second kappa shape index (κ2) is 5.59. The van der Waals surface area contributed by atoms with Gasteiger partial charge in [0.15, 0.2) is 0 Å². The zero-order valence-electron chi connectivity index (χ0n) is 10.6. The zero-order valence-corrected chi connectivity index (χ0v) is 10.6. The van der Waals surface area contributed by atoms with Crippen LogP contribution in [0.25, 0.3) is 0 Å². The van der Waals surface area contributed by atoms with Crippen LogP contribution in [0.3, 0.4) is 0 Å². The summed E-state index contributed by atoms with van der Waals surface area (Å²) in [6, 6.07) is 2.54. The molecular weight excluding hydrogens is 246 g/mol. The third-order valence-corrected chi connectivity index (χ3v) is 3.18. The number of alkyl halides is 3. The molecule has 0 heterocycles. The lowest BCUT2D eigenvalue weighted by atomic mass is 10.0. The fourth-order valence-electron chi connectivity index (χ4n) is 1.55. The lowest BCUT2D eigenvalue weighted by Gasteiger charge is -2.21. The minimum absolute atomic E-state index is 0.00115. The van der Waals surface area contributed by atoms with E-state index in [-0.39, 0.29) is 11.7 Å². The van der Waals surface area contributed by atoms with E-state index in [4.69, 9.17) is 0 Å². The van der Waals surface area contributed by atoms with E-state index >= 15 is 0 Å². The standard InChI is InChI=1S/C13H17F4N/c1-4-8(2)9(3)18-12-6-5-10(7-11(12)14)13(15,16)17/h5-9,18H,4H2,1-3H3. The lowest BCUT2D eigenvalue weighted by Crippen LogP contribution is -2.23. The van der Waals surface area contributed by atoms with Crippen LogP contribution in [0, 0.1) is 11.7 Å². The first-order chi connectivity index (χ1) is 8.25. The van der Waals surface area contributed by atoms with Crippen LogP contribution in [0.2, 0.25) is 0 Å². The van der Waals surface area contributed by atoms with Crippen LogP contribution in [0.15, 0.2) is 18.2 Å². The first-order valence-electron chi connectivity index (χ1n) is 5.89. The highest BCUT2D eigenvalue weighted by atomic mass is 19.4. The number of halogens is 4. The molecule has 18 heavy (non-hydrogen) atoms. The zero-order chi connectivity index (χ0) is 13.9. The molecule has 0 aliphatic rings. The van der Waals surface area contributed by atoms with Crippen molar-refractivity contribution in [2.24, 2.45) is 5.92 Å². The minimum atomic E-state index is -4.51. The van der Waals surface area contributed by atoms with Crippen LogP contribution in [-0.4, -0.2) is 6.04 Å². The Hall–Kier alpha value is -1.26. The van der Waals surface area contributed by atoms with Crippen molar-refractivity contribution < 1.29 is 17.6 Å². The van der Waals surface area contributed by atoms with E-state index in [1.807, 2.05) is 20.8 Å². The van der Waals surface area contributed by atoms with Crippen LogP contribution in [0.4, 0.5) is 23.2 Å². The van der Waals surface area contributed by atoms with Gasteiger partial charge >= 0.3 is 6.18 Å². The molecular formula is C13H17F4N. The Morgan fingerprint density at radius 2 is 1.83 bits per heavy atom. The average Bonchev–Trinajstić information content (AvgIpc) is 2.29. The molecule has 1 aromatic carbocycles. The highest BCUT2D eigenvalue weighted by Crippen LogP contribution is 2.31. The van der Waals surface area contributed by atoms with Crippen molar-refractivity contribution >= 4 is 5.69 Å². The third kappa shape index (κ3) is 3.62. The topological polar surface area (TPSA) is 12.0 Å². The van der Waals surface area contributed by atoms with E-state index in [0.717, 1.165) is 18.6 Å². The van der Waals surface area contributed by atoms with Crippen molar-refractivity contribution in [2.75, 3.05) is 5.32 Å². The van der Waals surface area contributed by atoms with Crippen molar-refractivity contribution in [3.63, 3.8) is 0 Å². The normalized spacial score (nSPS) is 15.3. The van der Waals surface area contributed by atoms with Gasteiger partial charge < -0.3 is 5.32 Å². The molecule has 0 aromatic heterocycles. The number of rotatable bonds is 4. The van der Waals surface area contributed by atoms with Crippen molar-refractivity contribution in [1.29, 1.82) is 0 Å². The summed E-state index contributed by atoms with van der Waals surface area (Å²) < 4.78 is 50.6. The van der Waals surface area contributed by atoms with Gasteiger partial charge in [0.2, 0.25) is 0 Å². The highest BCUT2D eigenvalue weighted by molar-refractivity contribution is 5.47. The largest absolute Gasteiger partial charge is 0.416 e. The predicted molar refractivity (Wildman–Crippen MR) is 63.9 cm³/mol. The minimum Gasteiger partial charge on any atom is -0.380 e. The Morgan fingerprint density at radius 3 is 2.28 bits per heavy atom. The van der Waals surface area contributed by atoms with Crippen LogP contribution >= 0.6 is 0 Å². The molecule has 5 heteroatoms. The molecule has 1 nitrogen and oxygen atoms in total. The van der Waals surface area contributed by atoms with Crippen molar-refractivity contribution in [3.05, 3.63) is 29.6 Å².